The summed E-state index contributed by atoms with van der Waals surface area (Å²) in [6.45, 7) is 3.36. The molecule has 0 fully saturated rings. The molecule has 0 radical (unpaired) electrons. The summed E-state index contributed by atoms with van der Waals surface area (Å²) < 4.78 is 0. The molecule has 1 heterocycles. The number of hydrogen-bond donors (Lipinski definition) is 1. The average Bonchev–Trinajstić information content (AvgIpc) is 2.45. The summed E-state index contributed by atoms with van der Waals surface area (Å²) in [5.74, 6) is -1.23. The predicted octanol–water partition coefficient (Wildman–Crippen LogP) is -0.821. The highest BCUT2D eigenvalue weighted by Crippen LogP contribution is 2.15. The molecule has 1 N–H and O–H groups in total. The minimum atomic E-state index is -0.925. The fourth-order valence-corrected chi connectivity index (χ4v) is 0.937. The van der Waals surface area contributed by atoms with E-state index in [1.807, 2.05) is 5.32 Å². The van der Waals surface area contributed by atoms with Gasteiger partial charge in [0.25, 0.3) is 0 Å². The van der Waals surface area contributed by atoms with E-state index < -0.39 is 16.6 Å². The molecule has 0 saturated carbocycles. The number of carbonyl (C=O) groups excluding carboxylic acids is 1. The Bertz CT molecular complexity index is 412. The number of nitrogens with one attached hydrogen (secondary N) is 1. The van der Waals surface area contributed by atoms with E-state index in [1.54, 1.807) is 0 Å². The number of hydrogen-bond acceptors (Lipinski definition) is 5. The van der Waals surface area contributed by atoms with Crippen LogP contribution in [0, 0.1) is 15.3 Å². The summed E-state index contributed by atoms with van der Waals surface area (Å²) in [6, 6.07) is 0. The van der Waals surface area contributed by atoms with Gasteiger partial charge in [-0.2, -0.15) is 0 Å². The number of rotatable bonds is 5. The number of aromatic nitrogens is 3. The Balaban J connectivity index is 3.24. The zero-order chi connectivity index (χ0) is 11.4. The van der Waals surface area contributed by atoms with Gasteiger partial charge in [0.15, 0.2) is 0 Å². The van der Waals surface area contributed by atoms with Crippen molar-refractivity contribution < 1.29 is 14.6 Å². The predicted molar refractivity (Wildman–Crippen MR) is 47.7 cm³/mol. The second-order valence-corrected chi connectivity index (χ2v) is 2.41. The molecule has 0 atom stereocenters. The molecule has 0 aliphatic rings. The van der Waals surface area contributed by atoms with Crippen LogP contribution in [0.2, 0.25) is 0 Å². The zero-order valence-corrected chi connectivity index (χ0v) is 7.49. The molecule has 0 spiro atoms. The van der Waals surface area contributed by atoms with Gasteiger partial charge in [-0.15, -0.1) is 6.58 Å². The highest BCUT2D eigenvalue weighted by molar-refractivity contribution is 5.71. The van der Waals surface area contributed by atoms with Crippen molar-refractivity contribution >= 4 is 18.0 Å². The number of nitrogens with zero attached hydrogens (tertiary/aromatic N) is 4. The number of allylic oxidation sites excluding steroid dienone is 1. The molecular formula is C6H7N5O4. The Morgan fingerprint density at radius 2 is 2.40 bits per heavy atom. The summed E-state index contributed by atoms with van der Waals surface area (Å²) in [4.78, 5) is 20.4. The van der Waals surface area contributed by atoms with Crippen LogP contribution in [0.5, 0.6) is 0 Å². The maximum absolute atomic E-state index is 11.3. The highest BCUT2D eigenvalue weighted by Gasteiger charge is 2.33. The van der Waals surface area contributed by atoms with Crippen LogP contribution in [0.4, 0.5) is 11.6 Å². The van der Waals surface area contributed by atoms with Crippen LogP contribution in [-0.4, -0.2) is 21.2 Å². The highest BCUT2D eigenvalue weighted by atomic mass is 16.6. The van der Waals surface area contributed by atoms with E-state index in [2.05, 4.69) is 11.7 Å². The van der Waals surface area contributed by atoms with Gasteiger partial charge in [-0.05, 0) is 4.80 Å². The van der Waals surface area contributed by atoms with E-state index in [4.69, 9.17) is 0 Å². The second kappa shape index (κ2) is 4.17. The Morgan fingerprint density at radius 3 is 2.87 bits per heavy atom. The van der Waals surface area contributed by atoms with Crippen LogP contribution < -0.4 is 10.2 Å². The molecule has 1 aromatic heterocycles. The SMILES string of the molecule is C=CCn1nc(NC=O)c([N+](=O)[O-])[n+]1[O-]. The van der Waals surface area contributed by atoms with Crippen LogP contribution in [-0.2, 0) is 11.3 Å². The minimum absolute atomic E-state index is 0.00484. The van der Waals surface area contributed by atoms with Gasteiger partial charge in [0.2, 0.25) is 6.41 Å². The molecule has 0 aliphatic carbocycles. The number of anilines is 1. The fraction of sp³-hybridized carbons (Fsp3) is 0.167. The zero-order valence-electron chi connectivity index (χ0n) is 7.49. The lowest BCUT2D eigenvalue weighted by molar-refractivity contribution is -0.735. The fourth-order valence-electron chi connectivity index (χ4n) is 0.937. The first-order chi connectivity index (χ1) is 7.11. The molecule has 0 saturated heterocycles. The van der Waals surface area contributed by atoms with Crippen molar-refractivity contribution in [3.63, 3.8) is 0 Å². The minimum Gasteiger partial charge on any atom is -0.590 e. The molecule has 0 aromatic carbocycles. The second-order valence-electron chi connectivity index (χ2n) is 2.41. The molecule has 9 heteroatoms. The van der Waals surface area contributed by atoms with Crippen LogP contribution in [0.15, 0.2) is 12.7 Å². The van der Waals surface area contributed by atoms with Crippen molar-refractivity contribution in [1.82, 2.24) is 9.90 Å². The van der Waals surface area contributed by atoms with Crippen LogP contribution >= 0.6 is 0 Å². The standard InChI is InChI=1S/C6H7N5O4/c1-2-3-9-8-5(7-4-12)6(10(9)13)11(14)15/h2,4H,1,3H2,(H,7,8,12). The number of nitro groups is 1. The third-order valence-electron chi connectivity index (χ3n) is 1.48. The van der Waals surface area contributed by atoms with Gasteiger partial charge in [-0.25, -0.2) is 0 Å². The summed E-state index contributed by atoms with van der Waals surface area (Å²) in [6.07, 6.45) is 1.55. The lowest BCUT2D eigenvalue weighted by Crippen LogP contribution is -2.39. The van der Waals surface area contributed by atoms with Crippen molar-refractivity contribution in [1.29, 1.82) is 0 Å². The van der Waals surface area contributed by atoms with E-state index in [0.717, 1.165) is 4.80 Å². The van der Waals surface area contributed by atoms with Crippen LogP contribution in [0.3, 0.4) is 0 Å². The van der Waals surface area contributed by atoms with Crippen LogP contribution in [0.1, 0.15) is 0 Å². The third-order valence-corrected chi connectivity index (χ3v) is 1.48. The summed E-state index contributed by atoms with van der Waals surface area (Å²) in [5.41, 5.74) is 0. The van der Waals surface area contributed by atoms with Gasteiger partial charge in [-0.3, -0.25) is 20.2 Å². The molecule has 1 amide bonds. The molecule has 1 rings (SSSR count). The summed E-state index contributed by atoms with van der Waals surface area (Å²) in [7, 11) is 0. The lowest BCUT2D eigenvalue weighted by Gasteiger charge is -1.93. The monoisotopic (exact) mass is 213 g/mol. The smallest absolute Gasteiger partial charge is 0.583 e. The van der Waals surface area contributed by atoms with Gasteiger partial charge < -0.3 is 5.21 Å². The summed E-state index contributed by atoms with van der Waals surface area (Å²) in [5, 5.41) is 27.2. The van der Waals surface area contributed by atoms with Crippen molar-refractivity contribution in [3.05, 3.63) is 28.0 Å². The molecule has 80 valence electrons. The Morgan fingerprint density at radius 1 is 1.73 bits per heavy atom. The molecule has 9 nitrogen and oxygen atoms in total. The van der Waals surface area contributed by atoms with E-state index in [-0.39, 0.29) is 17.8 Å². The van der Waals surface area contributed by atoms with Crippen molar-refractivity contribution in [2.24, 2.45) is 0 Å². The molecular weight excluding hydrogens is 206 g/mol. The molecule has 1 aromatic rings. The van der Waals surface area contributed by atoms with E-state index in [9.17, 15) is 20.1 Å². The first-order valence-corrected chi connectivity index (χ1v) is 3.78. The van der Waals surface area contributed by atoms with E-state index in [1.165, 1.54) is 6.08 Å². The van der Waals surface area contributed by atoms with Crippen molar-refractivity contribution in [3.8, 4) is 0 Å². The molecule has 0 bridgehead atoms. The van der Waals surface area contributed by atoms with Crippen molar-refractivity contribution in [2.45, 2.75) is 6.54 Å². The first-order valence-electron chi connectivity index (χ1n) is 3.78. The normalized spacial score (nSPS) is 9.60. The Kier molecular flexibility index (Phi) is 2.96. The van der Waals surface area contributed by atoms with Crippen LogP contribution in [0.25, 0.3) is 0 Å². The van der Waals surface area contributed by atoms with Crippen molar-refractivity contribution in [2.75, 3.05) is 5.32 Å². The first kappa shape index (κ1) is 10.6. The third kappa shape index (κ3) is 1.90. The maximum Gasteiger partial charge on any atom is 0.583 e. The lowest BCUT2D eigenvalue weighted by atomic mass is 10.6. The van der Waals surface area contributed by atoms with Gasteiger partial charge >= 0.3 is 11.6 Å². The van der Waals surface area contributed by atoms with E-state index >= 15 is 0 Å². The van der Waals surface area contributed by atoms with Gasteiger partial charge in [0.05, 0.1) is 0 Å². The largest absolute Gasteiger partial charge is 0.590 e. The summed E-state index contributed by atoms with van der Waals surface area (Å²) >= 11 is 0. The maximum atomic E-state index is 11.3. The molecule has 0 aliphatic heterocycles. The molecule has 0 unspecified atom stereocenters. The van der Waals surface area contributed by atoms with E-state index in [0.29, 0.717) is 0 Å². The molecule has 15 heavy (non-hydrogen) atoms. The van der Waals surface area contributed by atoms with Gasteiger partial charge in [0.1, 0.15) is 11.5 Å². The number of amides is 1. The topological polar surface area (TPSA) is 117 Å². The Labute approximate surface area is 83.3 Å². The quantitative estimate of drug-likeness (QED) is 0.171. The Hall–Kier alpha value is -2.45. The van der Waals surface area contributed by atoms with Gasteiger partial charge in [0, 0.05) is 4.85 Å². The van der Waals surface area contributed by atoms with Gasteiger partial charge in [-0.1, -0.05) is 11.2 Å². The number of carbonyl (C=O) groups is 1. The average molecular weight is 213 g/mol.